The van der Waals surface area contributed by atoms with Gasteiger partial charge in [0.2, 0.25) is 21.7 Å². The largest absolute Gasteiger partial charge is 0.493 e. The first-order valence-electron chi connectivity index (χ1n) is 12.3. The summed E-state index contributed by atoms with van der Waals surface area (Å²) in [5.41, 5.74) is -0.0430. The van der Waals surface area contributed by atoms with Crippen molar-refractivity contribution < 1.29 is 36.2 Å². The SMILES string of the molecule is CCOCc1nc(=O)c(S(=O)(=O)c2ccc(-c3ccnc(F)c3C)cc2)c(O)n1C(COC)c1cc(F)cc(F)c1. The summed E-state index contributed by atoms with van der Waals surface area (Å²) in [6.45, 7) is 2.78. The van der Waals surface area contributed by atoms with Crippen LogP contribution in [0.25, 0.3) is 11.1 Å². The molecule has 9 nitrogen and oxygen atoms in total. The van der Waals surface area contributed by atoms with Crippen molar-refractivity contribution in [3.8, 4) is 17.0 Å². The van der Waals surface area contributed by atoms with Gasteiger partial charge in [-0.3, -0.25) is 9.36 Å². The molecule has 0 aliphatic carbocycles. The van der Waals surface area contributed by atoms with Gasteiger partial charge in [-0.25, -0.2) is 22.2 Å². The first-order valence-corrected chi connectivity index (χ1v) is 13.8. The van der Waals surface area contributed by atoms with E-state index in [2.05, 4.69) is 9.97 Å². The maximum atomic E-state index is 14.1. The van der Waals surface area contributed by atoms with E-state index < -0.39 is 49.8 Å². The summed E-state index contributed by atoms with van der Waals surface area (Å²) in [6.07, 6.45) is 1.28. The zero-order valence-corrected chi connectivity index (χ0v) is 23.1. The topological polar surface area (TPSA) is 121 Å². The van der Waals surface area contributed by atoms with Gasteiger partial charge in [-0.15, -0.1) is 0 Å². The van der Waals surface area contributed by atoms with E-state index in [1.807, 2.05) is 0 Å². The van der Waals surface area contributed by atoms with Crippen LogP contribution in [0.5, 0.6) is 5.88 Å². The minimum absolute atomic E-state index is 0.0181. The number of aromatic hydroxyl groups is 1. The monoisotopic (exact) mass is 589 g/mol. The molecule has 216 valence electrons. The number of sulfone groups is 1. The maximum Gasteiger partial charge on any atom is 0.296 e. The zero-order valence-electron chi connectivity index (χ0n) is 22.3. The van der Waals surface area contributed by atoms with E-state index in [1.165, 1.54) is 44.5 Å². The highest BCUT2D eigenvalue weighted by molar-refractivity contribution is 7.91. The Labute approximate surface area is 233 Å². The Morgan fingerprint density at radius 3 is 2.32 bits per heavy atom. The molecule has 2 aromatic heterocycles. The minimum atomic E-state index is -4.69. The number of ether oxygens (including phenoxy) is 2. The highest BCUT2D eigenvalue weighted by Gasteiger charge is 2.32. The molecule has 0 radical (unpaired) electrons. The number of methoxy groups -OCH3 is 1. The molecule has 1 N–H and O–H groups in total. The predicted octanol–water partition coefficient (Wildman–Crippen LogP) is 4.34. The normalized spacial score (nSPS) is 12.4. The van der Waals surface area contributed by atoms with Crippen LogP contribution >= 0.6 is 0 Å². The van der Waals surface area contributed by atoms with Crippen molar-refractivity contribution in [3.63, 3.8) is 0 Å². The summed E-state index contributed by atoms with van der Waals surface area (Å²) < 4.78 is 81.1. The summed E-state index contributed by atoms with van der Waals surface area (Å²) in [4.78, 5) is 19.1. The number of halogens is 3. The molecule has 0 aliphatic heterocycles. The average molecular weight is 590 g/mol. The molecule has 1 atom stereocenters. The van der Waals surface area contributed by atoms with Gasteiger partial charge in [0.15, 0.2) is 4.90 Å². The van der Waals surface area contributed by atoms with Gasteiger partial charge in [-0.05, 0) is 60.9 Å². The molecule has 13 heteroatoms. The van der Waals surface area contributed by atoms with Gasteiger partial charge in [0.05, 0.1) is 17.5 Å². The Morgan fingerprint density at radius 1 is 1.05 bits per heavy atom. The van der Waals surface area contributed by atoms with Crippen molar-refractivity contribution in [1.29, 1.82) is 0 Å². The second-order valence-corrected chi connectivity index (χ2v) is 10.9. The molecule has 0 saturated carbocycles. The number of aromatic nitrogens is 3. The maximum absolute atomic E-state index is 14.1. The zero-order chi connectivity index (χ0) is 29.9. The third kappa shape index (κ3) is 6.01. The smallest absolute Gasteiger partial charge is 0.296 e. The Morgan fingerprint density at radius 2 is 1.71 bits per heavy atom. The van der Waals surface area contributed by atoms with Crippen LogP contribution in [0.15, 0.2) is 69.3 Å². The van der Waals surface area contributed by atoms with Crippen LogP contribution in [0.1, 0.15) is 29.9 Å². The van der Waals surface area contributed by atoms with Crippen LogP contribution in [0.2, 0.25) is 0 Å². The van der Waals surface area contributed by atoms with Gasteiger partial charge in [0.1, 0.15) is 24.1 Å². The van der Waals surface area contributed by atoms with Gasteiger partial charge in [-0.1, -0.05) is 12.1 Å². The quantitative estimate of drug-likeness (QED) is 0.271. The molecule has 0 aliphatic rings. The van der Waals surface area contributed by atoms with E-state index >= 15 is 0 Å². The molecule has 0 saturated heterocycles. The lowest BCUT2D eigenvalue weighted by Gasteiger charge is -2.25. The highest BCUT2D eigenvalue weighted by Crippen LogP contribution is 2.33. The van der Waals surface area contributed by atoms with Gasteiger partial charge >= 0.3 is 0 Å². The van der Waals surface area contributed by atoms with E-state index in [9.17, 15) is 31.5 Å². The number of benzene rings is 2. The minimum Gasteiger partial charge on any atom is -0.493 e. The summed E-state index contributed by atoms with van der Waals surface area (Å²) in [5, 5.41) is 11.3. The standard InChI is InChI=1S/C28H26F3N3O6S/c1-4-40-15-24-33-27(35)25(28(36)34(24)23(14-39-3)18-11-19(29)13-20(30)12-18)41(37,38)21-7-5-17(6-8-21)22-9-10-32-26(31)16(22)2/h5-13,23,36H,4,14-15H2,1-3H3. The molecule has 4 aromatic rings. The van der Waals surface area contributed by atoms with Gasteiger partial charge in [0, 0.05) is 31.5 Å². The van der Waals surface area contributed by atoms with Crippen LogP contribution in [-0.4, -0.2) is 48.4 Å². The lowest BCUT2D eigenvalue weighted by Crippen LogP contribution is -2.29. The Bertz CT molecular complexity index is 1720. The number of nitrogens with zero attached hydrogens (tertiary/aromatic N) is 3. The highest BCUT2D eigenvalue weighted by atomic mass is 32.2. The predicted molar refractivity (Wildman–Crippen MR) is 142 cm³/mol. The first-order chi connectivity index (χ1) is 19.5. The fourth-order valence-corrected chi connectivity index (χ4v) is 5.75. The lowest BCUT2D eigenvalue weighted by molar-refractivity contribution is 0.114. The molecule has 0 spiro atoms. The average Bonchev–Trinajstić information content (AvgIpc) is 2.92. The Hall–Kier alpha value is -4.07. The second-order valence-electron chi connectivity index (χ2n) is 8.97. The molecule has 0 amide bonds. The van der Waals surface area contributed by atoms with Crippen molar-refractivity contribution in [3.05, 3.63) is 99.6 Å². The van der Waals surface area contributed by atoms with Crippen molar-refractivity contribution in [2.24, 2.45) is 0 Å². The number of rotatable bonds is 10. The Balaban J connectivity index is 1.90. The fourth-order valence-electron chi connectivity index (χ4n) is 4.41. The van der Waals surface area contributed by atoms with Crippen LogP contribution in [0, 0.1) is 24.5 Å². The summed E-state index contributed by atoms with van der Waals surface area (Å²) >= 11 is 0. The van der Waals surface area contributed by atoms with Crippen molar-refractivity contribution in [1.82, 2.24) is 14.5 Å². The van der Waals surface area contributed by atoms with E-state index in [0.717, 1.165) is 16.7 Å². The molecular formula is C28H26F3N3O6S. The van der Waals surface area contributed by atoms with E-state index in [0.29, 0.717) is 17.2 Å². The lowest BCUT2D eigenvalue weighted by atomic mass is 10.0. The summed E-state index contributed by atoms with van der Waals surface area (Å²) in [6, 6.07) is 8.25. The number of hydrogen-bond donors (Lipinski definition) is 1. The van der Waals surface area contributed by atoms with Gasteiger partial charge in [0.25, 0.3) is 5.56 Å². The molecular weight excluding hydrogens is 563 g/mol. The molecule has 0 fully saturated rings. The molecule has 0 bridgehead atoms. The Kier molecular flexibility index (Phi) is 8.90. The van der Waals surface area contributed by atoms with E-state index in [-0.39, 0.29) is 41.7 Å². The molecule has 41 heavy (non-hydrogen) atoms. The van der Waals surface area contributed by atoms with Crippen molar-refractivity contribution >= 4 is 9.84 Å². The van der Waals surface area contributed by atoms with E-state index in [1.54, 1.807) is 13.0 Å². The van der Waals surface area contributed by atoms with E-state index in [4.69, 9.17) is 9.47 Å². The third-order valence-electron chi connectivity index (χ3n) is 6.36. The molecule has 4 rings (SSSR count). The number of hydrogen-bond acceptors (Lipinski definition) is 8. The molecule has 1 unspecified atom stereocenters. The first kappa shape index (κ1) is 29.9. The second kappa shape index (κ2) is 12.2. The van der Waals surface area contributed by atoms with Gasteiger partial charge < -0.3 is 14.6 Å². The van der Waals surface area contributed by atoms with Crippen LogP contribution in [-0.2, 0) is 25.9 Å². The van der Waals surface area contributed by atoms with Gasteiger partial charge in [-0.2, -0.15) is 9.37 Å². The van der Waals surface area contributed by atoms with Crippen molar-refractivity contribution in [2.45, 2.75) is 36.3 Å². The van der Waals surface area contributed by atoms with Crippen LogP contribution in [0.4, 0.5) is 13.2 Å². The third-order valence-corrected chi connectivity index (χ3v) is 8.15. The summed E-state index contributed by atoms with van der Waals surface area (Å²) in [5.74, 6) is -3.71. The van der Waals surface area contributed by atoms with Crippen LogP contribution in [0.3, 0.4) is 0 Å². The molecule has 2 aromatic carbocycles. The summed E-state index contributed by atoms with van der Waals surface area (Å²) in [7, 11) is -3.39. The molecule has 2 heterocycles. The van der Waals surface area contributed by atoms with Crippen molar-refractivity contribution in [2.75, 3.05) is 20.3 Å². The fraction of sp³-hybridized carbons (Fsp3) is 0.250. The van der Waals surface area contributed by atoms with Crippen LogP contribution < -0.4 is 5.56 Å². The number of pyridine rings is 1.